The average molecular weight is 208 g/mol. The molecular weight excluding hydrogens is 202 g/mol. The molecule has 0 atom stereocenters. The fraction of sp³-hybridized carbons (Fsp3) is 0.333. The minimum atomic E-state index is -4.89. The van der Waals surface area contributed by atoms with E-state index < -0.39 is 26.2 Å². The molecule has 0 aliphatic heterocycles. The molecule has 0 aliphatic rings. The van der Waals surface area contributed by atoms with Crippen LogP contribution in [0.4, 0.5) is 0 Å². The molecule has 0 aromatic rings. The van der Waals surface area contributed by atoms with Crippen molar-refractivity contribution < 1.29 is 57.9 Å². The Morgan fingerprint density at radius 2 is 1.31 bits per heavy atom. The third-order valence-electron chi connectivity index (χ3n) is 0.302. The van der Waals surface area contributed by atoms with Crippen molar-refractivity contribution in [2.75, 3.05) is 0 Å². The number of rotatable bonds is 2. The summed E-state index contributed by atoms with van der Waals surface area (Å²) in [6.45, 7) is 0. The van der Waals surface area contributed by atoms with Gasteiger partial charge in [-0.1, -0.05) is 0 Å². The van der Waals surface area contributed by atoms with E-state index in [1.54, 1.807) is 0 Å². The summed E-state index contributed by atoms with van der Waals surface area (Å²) in [6.07, 6.45) is -0.806. The summed E-state index contributed by atoms with van der Waals surface area (Å²) < 4.78 is 8.77. The Hall–Kier alpha value is -0.353. The van der Waals surface area contributed by atoms with Gasteiger partial charge in [0.05, 0.1) is 0 Å². The maximum atomic E-state index is 9.43. The molecule has 0 amide bonds. The van der Waals surface area contributed by atoms with Crippen LogP contribution in [0.3, 0.4) is 0 Å². The van der Waals surface area contributed by atoms with E-state index in [-0.39, 0.29) is 18.9 Å². The number of hydrogen-bond donors (Lipinski definition) is 4. The normalized spacial score (nSPS) is 8.85. The molecule has 0 aromatic heterocycles. The first-order chi connectivity index (χ1) is 5.13. The van der Waals surface area contributed by atoms with Gasteiger partial charge in [0.25, 0.3) is 7.82 Å². The first-order valence-corrected chi connectivity index (χ1v) is 3.86. The van der Waals surface area contributed by atoms with E-state index in [1.165, 1.54) is 0 Å². The van der Waals surface area contributed by atoms with Gasteiger partial charge >= 0.3 is 30.8 Å². The monoisotopic (exact) mass is 208 g/mol. The van der Waals surface area contributed by atoms with Crippen LogP contribution in [0, 0.1) is 0 Å². The third kappa shape index (κ3) is 81.5. The number of carboxylic acid groups (broad SMARTS) is 2. The second kappa shape index (κ2) is 8.25. The summed E-state index contributed by atoms with van der Waals surface area (Å²) in [5.74, 6) is -2.62. The molecule has 13 heavy (non-hydrogen) atoms. The van der Waals surface area contributed by atoms with Crippen molar-refractivity contribution in [3.8, 4) is 0 Å². The van der Waals surface area contributed by atoms with Crippen LogP contribution >= 0.6 is 7.82 Å². The van der Waals surface area contributed by atoms with Crippen molar-refractivity contribution in [1.29, 1.82) is 0 Å². The molecule has 72 valence electrons. The van der Waals surface area contributed by atoms with Crippen LogP contribution in [0.5, 0.6) is 0 Å². The van der Waals surface area contributed by atoms with Crippen molar-refractivity contribution in [2.45, 2.75) is 6.42 Å². The van der Waals surface area contributed by atoms with E-state index in [9.17, 15) is 9.59 Å². The van der Waals surface area contributed by atoms with Gasteiger partial charge in [-0.2, -0.15) is 0 Å². The fourth-order valence-electron chi connectivity index (χ4n) is 0.129. The number of carbonyl (C=O) groups is 2. The molecular formula is C3H6LiO8P. The Labute approximate surface area is 84.6 Å². The topological polar surface area (TPSA) is 155 Å². The van der Waals surface area contributed by atoms with Crippen LogP contribution < -0.4 is 23.8 Å². The number of phosphoric acid groups is 1. The van der Waals surface area contributed by atoms with E-state index in [2.05, 4.69) is 0 Å². The minimum absolute atomic E-state index is 0. The molecule has 0 rings (SSSR count). The summed E-state index contributed by atoms with van der Waals surface area (Å²) in [6, 6.07) is 0. The van der Waals surface area contributed by atoms with Gasteiger partial charge < -0.3 is 24.9 Å². The van der Waals surface area contributed by atoms with Gasteiger partial charge in [-0.25, -0.2) is 0 Å². The summed E-state index contributed by atoms with van der Waals surface area (Å²) in [4.78, 5) is 41.8. The second-order valence-corrected chi connectivity index (χ2v) is 2.44. The molecule has 0 heterocycles. The average Bonchev–Trinajstić information content (AvgIpc) is 1.52. The first kappa shape index (κ1) is 18.4. The van der Waals surface area contributed by atoms with E-state index in [0.717, 1.165) is 0 Å². The van der Waals surface area contributed by atoms with Crippen LogP contribution in [0.2, 0.25) is 0 Å². The molecule has 0 aliphatic carbocycles. The van der Waals surface area contributed by atoms with E-state index in [0.29, 0.717) is 0 Å². The summed E-state index contributed by atoms with van der Waals surface area (Å²) in [5.41, 5.74) is 0. The van der Waals surface area contributed by atoms with E-state index >= 15 is 0 Å². The molecule has 4 N–H and O–H groups in total. The first-order valence-electron chi connectivity index (χ1n) is 2.33. The van der Waals surface area contributed by atoms with Gasteiger partial charge in [-0.3, -0.25) is 14.2 Å². The quantitative estimate of drug-likeness (QED) is 0.199. The van der Waals surface area contributed by atoms with Crippen LogP contribution in [0.25, 0.3) is 0 Å². The standard InChI is InChI=1S/C3H4O4.Li.H3O4P/c4-2(5)1-3(6)7;;1-5(2,3)4/h1H2,(H,4,5)(H,6,7);;(H3,1,2,3,4)/q;+1;/p-1. The van der Waals surface area contributed by atoms with Crippen LogP contribution in [-0.2, 0) is 14.2 Å². The number of hydrogen-bond acceptors (Lipinski definition) is 4. The van der Waals surface area contributed by atoms with Crippen molar-refractivity contribution in [2.24, 2.45) is 0 Å². The van der Waals surface area contributed by atoms with Gasteiger partial charge in [0.1, 0.15) is 6.42 Å². The molecule has 0 aromatic carbocycles. The summed E-state index contributed by atoms with van der Waals surface area (Å²) in [5, 5.41) is 15.4. The molecule has 0 radical (unpaired) electrons. The largest absolute Gasteiger partial charge is 1.00 e. The minimum Gasteiger partial charge on any atom is -0.756 e. The molecule has 8 nitrogen and oxygen atoms in total. The SMILES string of the molecule is O=C(O)CC(=O)O.O=P([O-])(O)O.[Li+]. The zero-order chi connectivity index (χ0) is 10.4. The van der Waals surface area contributed by atoms with Crippen LogP contribution in [0.15, 0.2) is 0 Å². The molecule has 0 bridgehead atoms. The van der Waals surface area contributed by atoms with Crippen molar-refractivity contribution in [1.82, 2.24) is 0 Å². The summed E-state index contributed by atoms with van der Waals surface area (Å²) in [7, 11) is -4.89. The number of aliphatic carboxylic acids is 2. The smallest absolute Gasteiger partial charge is 0.756 e. The maximum absolute atomic E-state index is 9.43. The number of carboxylic acids is 2. The predicted octanol–water partition coefficient (Wildman–Crippen LogP) is -5.01. The molecule has 0 saturated heterocycles. The van der Waals surface area contributed by atoms with Gasteiger partial charge in [-0.05, 0) is 0 Å². The van der Waals surface area contributed by atoms with Crippen molar-refractivity contribution in [3.63, 3.8) is 0 Å². The maximum Gasteiger partial charge on any atom is 1.00 e. The van der Waals surface area contributed by atoms with Gasteiger partial charge in [0.2, 0.25) is 0 Å². The molecule has 0 saturated carbocycles. The second-order valence-electron chi connectivity index (χ2n) is 1.45. The third-order valence-corrected chi connectivity index (χ3v) is 0.302. The zero-order valence-corrected chi connectivity index (χ0v) is 7.47. The van der Waals surface area contributed by atoms with Crippen molar-refractivity contribution >= 4 is 19.8 Å². The molecule has 0 fully saturated rings. The van der Waals surface area contributed by atoms with Crippen molar-refractivity contribution in [3.05, 3.63) is 0 Å². The Kier molecular flexibility index (Phi) is 11.7. The molecule has 0 spiro atoms. The predicted molar refractivity (Wildman–Crippen MR) is 31.9 cm³/mol. The van der Waals surface area contributed by atoms with Crippen LogP contribution in [-0.4, -0.2) is 31.9 Å². The van der Waals surface area contributed by atoms with E-state index in [1.807, 2.05) is 0 Å². The zero-order valence-electron chi connectivity index (χ0n) is 6.58. The Morgan fingerprint density at radius 1 is 1.15 bits per heavy atom. The fourth-order valence-corrected chi connectivity index (χ4v) is 0.129. The summed E-state index contributed by atoms with van der Waals surface area (Å²) >= 11 is 0. The molecule has 10 heteroatoms. The Balaban J connectivity index is -0.000000150. The van der Waals surface area contributed by atoms with Gasteiger partial charge in [0.15, 0.2) is 0 Å². The van der Waals surface area contributed by atoms with Crippen LogP contribution in [0.1, 0.15) is 6.42 Å². The van der Waals surface area contributed by atoms with Gasteiger partial charge in [0, 0.05) is 0 Å². The van der Waals surface area contributed by atoms with Gasteiger partial charge in [-0.15, -0.1) is 0 Å². The Morgan fingerprint density at radius 3 is 1.31 bits per heavy atom. The van der Waals surface area contributed by atoms with E-state index in [4.69, 9.17) is 29.5 Å². The molecule has 0 unspecified atom stereocenters. The Bertz CT molecular complexity index is 187.